The summed E-state index contributed by atoms with van der Waals surface area (Å²) in [5.41, 5.74) is -0.107. The van der Waals surface area contributed by atoms with Crippen molar-refractivity contribution in [2.75, 3.05) is 19.8 Å². The Bertz CT molecular complexity index is 304. The van der Waals surface area contributed by atoms with E-state index in [-0.39, 0.29) is 19.8 Å². The highest BCUT2D eigenvalue weighted by Crippen LogP contribution is 2.23. The van der Waals surface area contributed by atoms with Gasteiger partial charge in [0.2, 0.25) is 0 Å². The number of ether oxygens (including phenoxy) is 2. The summed E-state index contributed by atoms with van der Waals surface area (Å²) in [7, 11) is 0. The van der Waals surface area contributed by atoms with Gasteiger partial charge in [0.25, 0.3) is 0 Å². The Morgan fingerprint density at radius 2 is 2.00 bits per heavy atom. The molecule has 0 saturated carbocycles. The lowest BCUT2D eigenvalue weighted by Gasteiger charge is -2.33. The van der Waals surface area contributed by atoms with Gasteiger partial charge in [-0.1, -0.05) is 17.7 Å². The Morgan fingerprint density at radius 3 is 2.50 bits per heavy atom. The smallest absolute Gasteiger partial charge is 0.190 e. The first-order valence-electron chi connectivity index (χ1n) is 4.64. The van der Waals surface area contributed by atoms with Crippen LogP contribution >= 0.6 is 0 Å². The van der Waals surface area contributed by atoms with Gasteiger partial charge < -0.3 is 9.47 Å². The first-order valence-corrected chi connectivity index (χ1v) is 4.64. The zero-order chi connectivity index (χ0) is 10.0. The minimum absolute atomic E-state index is 0.0794. The molecular formula is C11H13FO2. The maximum absolute atomic E-state index is 13.4. The van der Waals surface area contributed by atoms with E-state index in [0.29, 0.717) is 5.75 Å². The van der Waals surface area contributed by atoms with Gasteiger partial charge in [0, 0.05) is 0 Å². The van der Waals surface area contributed by atoms with Crippen LogP contribution in [-0.2, 0) is 4.74 Å². The van der Waals surface area contributed by atoms with Crippen LogP contribution in [0.4, 0.5) is 4.39 Å². The van der Waals surface area contributed by atoms with E-state index in [1.165, 1.54) is 5.56 Å². The molecule has 2 nitrogen and oxygen atoms in total. The summed E-state index contributed by atoms with van der Waals surface area (Å²) < 4.78 is 23.5. The molecule has 0 amide bonds. The molecule has 3 heteroatoms. The third-order valence-electron chi connectivity index (χ3n) is 2.24. The predicted molar refractivity (Wildman–Crippen MR) is 51.3 cm³/mol. The van der Waals surface area contributed by atoms with Gasteiger partial charge in [0.05, 0.1) is 13.2 Å². The molecule has 1 aromatic rings. The molecule has 1 saturated heterocycles. The Hall–Kier alpha value is -1.09. The predicted octanol–water partition coefficient (Wildman–Crippen LogP) is 2.11. The van der Waals surface area contributed by atoms with Gasteiger partial charge in [-0.25, -0.2) is 4.39 Å². The van der Waals surface area contributed by atoms with Gasteiger partial charge in [-0.05, 0) is 19.1 Å². The van der Waals surface area contributed by atoms with Crippen molar-refractivity contribution in [3.63, 3.8) is 0 Å². The van der Waals surface area contributed by atoms with Crippen LogP contribution in [0.25, 0.3) is 0 Å². The number of halogens is 1. The van der Waals surface area contributed by atoms with Crippen LogP contribution in [0.5, 0.6) is 5.75 Å². The minimum Gasteiger partial charge on any atom is -0.490 e. The molecule has 0 atom stereocenters. The highest BCUT2D eigenvalue weighted by molar-refractivity contribution is 5.26. The van der Waals surface area contributed by atoms with Gasteiger partial charge in [-0.2, -0.15) is 0 Å². The average Bonchev–Trinajstić information content (AvgIpc) is 2.14. The van der Waals surface area contributed by atoms with Crippen molar-refractivity contribution in [2.24, 2.45) is 0 Å². The SMILES string of the molecule is Cc1ccc(OCC2(F)COC2)cc1. The van der Waals surface area contributed by atoms with Crippen molar-refractivity contribution in [1.82, 2.24) is 0 Å². The van der Waals surface area contributed by atoms with Gasteiger partial charge in [-0.15, -0.1) is 0 Å². The minimum atomic E-state index is -1.27. The summed E-state index contributed by atoms with van der Waals surface area (Å²) in [4.78, 5) is 0. The lowest BCUT2D eigenvalue weighted by Crippen LogP contribution is -2.50. The molecule has 0 aliphatic carbocycles. The summed E-state index contributed by atoms with van der Waals surface area (Å²) >= 11 is 0. The monoisotopic (exact) mass is 196 g/mol. The molecule has 1 aliphatic rings. The Kier molecular flexibility index (Phi) is 2.42. The molecule has 1 aliphatic heterocycles. The number of hydrogen-bond donors (Lipinski definition) is 0. The molecule has 14 heavy (non-hydrogen) atoms. The summed E-state index contributed by atoms with van der Waals surface area (Å²) in [6, 6.07) is 7.57. The molecule has 1 heterocycles. The number of hydrogen-bond acceptors (Lipinski definition) is 2. The fourth-order valence-corrected chi connectivity index (χ4v) is 1.25. The van der Waals surface area contributed by atoms with E-state index in [0.717, 1.165) is 0 Å². The van der Waals surface area contributed by atoms with Crippen molar-refractivity contribution >= 4 is 0 Å². The molecule has 0 radical (unpaired) electrons. The largest absolute Gasteiger partial charge is 0.490 e. The summed E-state index contributed by atoms with van der Waals surface area (Å²) in [5.74, 6) is 0.708. The molecular weight excluding hydrogens is 183 g/mol. The van der Waals surface area contributed by atoms with E-state index < -0.39 is 5.67 Å². The van der Waals surface area contributed by atoms with Crippen LogP contribution in [0.15, 0.2) is 24.3 Å². The third-order valence-corrected chi connectivity index (χ3v) is 2.24. The molecule has 1 aromatic carbocycles. The van der Waals surface area contributed by atoms with Gasteiger partial charge >= 0.3 is 0 Å². The normalized spacial score (nSPS) is 18.7. The van der Waals surface area contributed by atoms with Crippen LogP contribution < -0.4 is 4.74 Å². The first kappa shape index (κ1) is 9.46. The van der Waals surface area contributed by atoms with E-state index in [1.54, 1.807) is 0 Å². The molecule has 0 unspecified atom stereocenters. The van der Waals surface area contributed by atoms with Crippen LogP contribution in [0.3, 0.4) is 0 Å². The van der Waals surface area contributed by atoms with Gasteiger partial charge in [0.15, 0.2) is 5.67 Å². The Morgan fingerprint density at radius 1 is 1.36 bits per heavy atom. The highest BCUT2D eigenvalue weighted by Gasteiger charge is 2.39. The van der Waals surface area contributed by atoms with E-state index in [1.807, 2.05) is 31.2 Å². The van der Waals surface area contributed by atoms with E-state index in [4.69, 9.17) is 9.47 Å². The topological polar surface area (TPSA) is 18.5 Å². The lowest BCUT2D eigenvalue weighted by molar-refractivity contribution is -0.146. The standard InChI is InChI=1S/C11H13FO2/c1-9-2-4-10(5-3-9)14-8-11(12)6-13-7-11/h2-5H,6-8H2,1H3. The molecule has 0 spiro atoms. The third kappa shape index (κ3) is 2.04. The lowest BCUT2D eigenvalue weighted by atomic mass is 10.1. The number of benzene rings is 1. The van der Waals surface area contributed by atoms with Crippen molar-refractivity contribution in [3.8, 4) is 5.75 Å². The second kappa shape index (κ2) is 3.58. The van der Waals surface area contributed by atoms with Crippen LogP contribution in [0.1, 0.15) is 5.56 Å². The maximum atomic E-state index is 13.4. The van der Waals surface area contributed by atoms with Crippen molar-refractivity contribution < 1.29 is 13.9 Å². The fraction of sp³-hybridized carbons (Fsp3) is 0.455. The fourth-order valence-electron chi connectivity index (χ4n) is 1.25. The zero-order valence-corrected chi connectivity index (χ0v) is 8.13. The number of aryl methyl sites for hydroxylation is 1. The van der Waals surface area contributed by atoms with Gasteiger partial charge in [-0.3, -0.25) is 0 Å². The molecule has 0 bridgehead atoms. The summed E-state index contributed by atoms with van der Waals surface area (Å²) in [6.07, 6.45) is 0. The molecule has 0 aromatic heterocycles. The van der Waals surface area contributed by atoms with E-state index in [9.17, 15) is 4.39 Å². The van der Waals surface area contributed by atoms with Crippen molar-refractivity contribution in [1.29, 1.82) is 0 Å². The number of rotatable bonds is 3. The van der Waals surface area contributed by atoms with Crippen LogP contribution in [0.2, 0.25) is 0 Å². The van der Waals surface area contributed by atoms with Crippen LogP contribution in [-0.4, -0.2) is 25.5 Å². The Balaban J connectivity index is 1.88. The maximum Gasteiger partial charge on any atom is 0.190 e. The number of alkyl halides is 1. The van der Waals surface area contributed by atoms with E-state index in [2.05, 4.69) is 0 Å². The van der Waals surface area contributed by atoms with Crippen LogP contribution in [0, 0.1) is 6.92 Å². The molecule has 0 N–H and O–H groups in total. The molecule has 2 rings (SSSR count). The molecule has 1 fully saturated rings. The summed E-state index contributed by atoms with van der Waals surface area (Å²) in [6.45, 7) is 2.38. The summed E-state index contributed by atoms with van der Waals surface area (Å²) in [5, 5.41) is 0. The zero-order valence-electron chi connectivity index (χ0n) is 8.13. The second-order valence-electron chi connectivity index (χ2n) is 3.75. The van der Waals surface area contributed by atoms with E-state index >= 15 is 0 Å². The Labute approximate surface area is 82.6 Å². The van der Waals surface area contributed by atoms with Crippen molar-refractivity contribution in [3.05, 3.63) is 29.8 Å². The molecule has 76 valence electrons. The second-order valence-corrected chi connectivity index (χ2v) is 3.75. The highest BCUT2D eigenvalue weighted by atomic mass is 19.1. The van der Waals surface area contributed by atoms with Crippen molar-refractivity contribution in [2.45, 2.75) is 12.6 Å². The van der Waals surface area contributed by atoms with Gasteiger partial charge in [0.1, 0.15) is 12.4 Å². The quantitative estimate of drug-likeness (QED) is 0.737. The average molecular weight is 196 g/mol. The first-order chi connectivity index (χ1) is 6.68.